The van der Waals surface area contributed by atoms with Gasteiger partial charge in [0.1, 0.15) is 5.82 Å². The molecule has 19 heavy (non-hydrogen) atoms. The Labute approximate surface area is 111 Å². The summed E-state index contributed by atoms with van der Waals surface area (Å²) < 4.78 is 13.3. The summed E-state index contributed by atoms with van der Waals surface area (Å²) in [6.45, 7) is 2.80. The van der Waals surface area contributed by atoms with Crippen molar-refractivity contribution in [1.82, 2.24) is 9.88 Å². The van der Waals surface area contributed by atoms with E-state index in [9.17, 15) is 4.39 Å². The highest BCUT2D eigenvalue weighted by Gasteiger charge is 2.21. The van der Waals surface area contributed by atoms with Crippen molar-refractivity contribution >= 4 is 10.9 Å². The van der Waals surface area contributed by atoms with Crippen molar-refractivity contribution < 1.29 is 4.39 Å². The van der Waals surface area contributed by atoms with Gasteiger partial charge in [0.05, 0.1) is 12.0 Å². The summed E-state index contributed by atoms with van der Waals surface area (Å²) in [6.07, 6.45) is 3.82. The monoisotopic (exact) mass is 257 g/mol. The lowest BCUT2D eigenvalue weighted by Crippen LogP contribution is -2.23. The number of halogens is 1. The minimum absolute atomic E-state index is 0.181. The van der Waals surface area contributed by atoms with Crippen LogP contribution >= 0.6 is 0 Å². The van der Waals surface area contributed by atoms with Crippen molar-refractivity contribution in [1.29, 1.82) is 5.26 Å². The topological polar surface area (TPSA) is 42.8 Å². The number of aromatic nitrogens is 1. The number of nitrogens with zero attached hydrogens (tertiary/aromatic N) is 2. The number of nitriles is 1. The summed E-state index contributed by atoms with van der Waals surface area (Å²) in [7, 11) is 0. The number of hydrogen-bond donors (Lipinski definition) is 1. The Balaban J connectivity index is 1.69. The summed E-state index contributed by atoms with van der Waals surface area (Å²) in [5.74, 6) is -0.0144. The predicted octanol–water partition coefficient (Wildman–Crippen LogP) is 2.69. The quantitative estimate of drug-likeness (QED) is 0.918. The van der Waals surface area contributed by atoms with E-state index in [1.807, 2.05) is 6.20 Å². The zero-order chi connectivity index (χ0) is 13.2. The average Bonchev–Trinajstić information content (AvgIpc) is 3.02. The Morgan fingerprint density at radius 1 is 1.47 bits per heavy atom. The first-order chi connectivity index (χ1) is 9.26. The summed E-state index contributed by atoms with van der Waals surface area (Å²) >= 11 is 0. The lowest BCUT2D eigenvalue weighted by atomic mass is 10.1. The van der Waals surface area contributed by atoms with Crippen LogP contribution in [0.2, 0.25) is 0 Å². The zero-order valence-corrected chi connectivity index (χ0v) is 10.7. The molecule has 1 aliphatic rings. The molecule has 0 amide bonds. The number of rotatable bonds is 3. The van der Waals surface area contributed by atoms with E-state index in [1.54, 1.807) is 12.1 Å². The normalized spacial score (nSPS) is 19.9. The molecule has 3 nitrogen and oxygen atoms in total. The summed E-state index contributed by atoms with van der Waals surface area (Å²) in [5.41, 5.74) is 2.13. The van der Waals surface area contributed by atoms with Crippen molar-refractivity contribution in [3.05, 3.63) is 35.8 Å². The highest BCUT2D eigenvalue weighted by atomic mass is 19.1. The van der Waals surface area contributed by atoms with Crippen LogP contribution in [0.3, 0.4) is 0 Å². The number of benzene rings is 1. The third-order valence-corrected chi connectivity index (χ3v) is 3.88. The van der Waals surface area contributed by atoms with E-state index in [-0.39, 0.29) is 11.7 Å². The first kappa shape index (κ1) is 12.2. The van der Waals surface area contributed by atoms with Crippen LogP contribution in [0.5, 0.6) is 0 Å². The van der Waals surface area contributed by atoms with Crippen LogP contribution in [-0.2, 0) is 6.42 Å². The van der Waals surface area contributed by atoms with Crippen molar-refractivity contribution in [3.8, 4) is 6.07 Å². The predicted molar refractivity (Wildman–Crippen MR) is 72.1 cm³/mol. The van der Waals surface area contributed by atoms with E-state index >= 15 is 0 Å². The van der Waals surface area contributed by atoms with E-state index in [2.05, 4.69) is 16.0 Å². The standard InChI is InChI=1S/C15H16FN3/c16-13-1-2-15-14(7-13)12(9-18-15)4-6-19-5-3-11(8-17)10-19/h1-2,7,9,11,18H,3-6,10H2. The first-order valence-electron chi connectivity index (χ1n) is 6.64. The van der Waals surface area contributed by atoms with E-state index in [1.165, 1.54) is 6.07 Å². The van der Waals surface area contributed by atoms with Gasteiger partial charge >= 0.3 is 0 Å². The average molecular weight is 257 g/mol. The van der Waals surface area contributed by atoms with Crippen LogP contribution in [0.25, 0.3) is 10.9 Å². The number of fused-ring (bicyclic) bond motifs is 1. The van der Waals surface area contributed by atoms with Crippen molar-refractivity contribution in [2.75, 3.05) is 19.6 Å². The maximum absolute atomic E-state index is 13.3. The largest absolute Gasteiger partial charge is 0.361 e. The molecule has 3 rings (SSSR count). The molecule has 1 fully saturated rings. The number of hydrogen-bond acceptors (Lipinski definition) is 2. The molecule has 1 N–H and O–H groups in total. The van der Waals surface area contributed by atoms with Gasteiger partial charge < -0.3 is 9.88 Å². The Morgan fingerprint density at radius 2 is 2.37 bits per heavy atom. The van der Waals surface area contributed by atoms with Crippen molar-refractivity contribution in [2.45, 2.75) is 12.8 Å². The van der Waals surface area contributed by atoms with Crippen LogP contribution in [-0.4, -0.2) is 29.5 Å². The molecular formula is C15H16FN3. The van der Waals surface area contributed by atoms with Gasteiger partial charge in [0.2, 0.25) is 0 Å². The maximum atomic E-state index is 13.3. The molecule has 0 radical (unpaired) electrons. The molecule has 0 bridgehead atoms. The van der Waals surface area contributed by atoms with Gasteiger partial charge in [0.25, 0.3) is 0 Å². The number of nitrogens with one attached hydrogen (secondary N) is 1. The number of aromatic amines is 1. The van der Waals surface area contributed by atoms with Gasteiger partial charge in [0.15, 0.2) is 0 Å². The van der Waals surface area contributed by atoms with E-state index in [0.29, 0.717) is 0 Å². The van der Waals surface area contributed by atoms with Crippen LogP contribution in [0.15, 0.2) is 24.4 Å². The molecule has 0 spiro atoms. The lowest BCUT2D eigenvalue weighted by molar-refractivity contribution is 0.337. The Bertz CT molecular complexity index is 626. The second-order valence-corrected chi connectivity index (χ2v) is 5.17. The summed E-state index contributed by atoms with van der Waals surface area (Å²) in [4.78, 5) is 5.48. The number of H-pyrrole nitrogens is 1. The van der Waals surface area contributed by atoms with Gasteiger partial charge in [-0.3, -0.25) is 0 Å². The number of likely N-dealkylation sites (tertiary alicyclic amines) is 1. The SMILES string of the molecule is N#CC1CCN(CCc2c[nH]c3ccc(F)cc23)C1. The fourth-order valence-electron chi connectivity index (χ4n) is 2.78. The van der Waals surface area contributed by atoms with Crippen LogP contribution < -0.4 is 0 Å². The molecule has 1 aromatic heterocycles. The maximum Gasteiger partial charge on any atom is 0.123 e. The van der Waals surface area contributed by atoms with E-state index in [0.717, 1.165) is 48.9 Å². The van der Waals surface area contributed by atoms with Crippen LogP contribution in [0, 0.1) is 23.1 Å². The van der Waals surface area contributed by atoms with Gasteiger partial charge in [-0.25, -0.2) is 4.39 Å². The van der Waals surface area contributed by atoms with Crippen LogP contribution in [0.4, 0.5) is 4.39 Å². The van der Waals surface area contributed by atoms with E-state index < -0.39 is 0 Å². The Kier molecular flexibility index (Phi) is 3.22. The molecule has 4 heteroatoms. The van der Waals surface area contributed by atoms with Gasteiger partial charge in [-0.15, -0.1) is 0 Å². The van der Waals surface area contributed by atoms with Crippen molar-refractivity contribution in [2.24, 2.45) is 5.92 Å². The molecule has 0 saturated carbocycles. The third-order valence-electron chi connectivity index (χ3n) is 3.88. The van der Waals surface area contributed by atoms with Gasteiger partial charge in [-0.1, -0.05) is 0 Å². The minimum Gasteiger partial charge on any atom is -0.361 e. The fourth-order valence-corrected chi connectivity index (χ4v) is 2.78. The molecule has 0 aliphatic carbocycles. The molecule has 2 aromatic rings. The molecule has 1 unspecified atom stereocenters. The second-order valence-electron chi connectivity index (χ2n) is 5.17. The Hall–Kier alpha value is -1.86. The molecule has 2 heterocycles. The third kappa shape index (κ3) is 2.47. The molecule has 1 saturated heterocycles. The Morgan fingerprint density at radius 3 is 3.16 bits per heavy atom. The zero-order valence-electron chi connectivity index (χ0n) is 10.7. The highest BCUT2D eigenvalue weighted by molar-refractivity contribution is 5.83. The van der Waals surface area contributed by atoms with Gasteiger partial charge in [-0.2, -0.15) is 5.26 Å². The fraction of sp³-hybridized carbons (Fsp3) is 0.400. The highest BCUT2D eigenvalue weighted by Crippen LogP contribution is 2.21. The molecular weight excluding hydrogens is 241 g/mol. The molecule has 1 aliphatic heterocycles. The molecule has 1 atom stereocenters. The lowest BCUT2D eigenvalue weighted by Gasteiger charge is -2.13. The van der Waals surface area contributed by atoms with Crippen LogP contribution in [0.1, 0.15) is 12.0 Å². The molecule has 98 valence electrons. The summed E-state index contributed by atoms with van der Waals surface area (Å²) in [5, 5.41) is 9.85. The second kappa shape index (κ2) is 5.02. The molecule has 1 aromatic carbocycles. The van der Waals surface area contributed by atoms with Gasteiger partial charge in [-0.05, 0) is 43.1 Å². The smallest absolute Gasteiger partial charge is 0.123 e. The van der Waals surface area contributed by atoms with E-state index in [4.69, 9.17) is 5.26 Å². The minimum atomic E-state index is -0.195. The first-order valence-corrected chi connectivity index (χ1v) is 6.64. The van der Waals surface area contributed by atoms with Crippen molar-refractivity contribution in [3.63, 3.8) is 0 Å². The van der Waals surface area contributed by atoms with Gasteiger partial charge in [0, 0.05) is 30.2 Å². The summed E-state index contributed by atoms with van der Waals surface area (Å²) in [6, 6.07) is 7.16.